The number of nitrogens with zero attached hydrogens (tertiary/aromatic N) is 1. The summed E-state index contributed by atoms with van der Waals surface area (Å²) in [7, 11) is 0. The minimum atomic E-state index is 0.656. The molecule has 1 N–H and O–H groups in total. The zero-order chi connectivity index (χ0) is 13.1. The van der Waals surface area contributed by atoms with E-state index in [1.54, 1.807) is 12.1 Å². The fraction of sp³-hybridized carbons (Fsp3) is 0.308. The lowest BCUT2D eigenvalue weighted by Gasteiger charge is -2.07. The highest BCUT2D eigenvalue weighted by Gasteiger charge is 2.08. The van der Waals surface area contributed by atoms with Crippen LogP contribution in [0, 0.1) is 13.8 Å². The molecule has 18 heavy (non-hydrogen) atoms. The van der Waals surface area contributed by atoms with E-state index in [1.807, 2.05) is 19.9 Å². The van der Waals surface area contributed by atoms with Crippen molar-refractivity contribution in [1.82, 2.24) is 10.5 Å². The van der Waals surface area contributed by atoms with Crippen molar-refractivity contribution < 1.29 is 4.52 Å². The van der Waals surface area contributed by atoms with E-state index in [4.69, 9.17) is 27.7 Å². The van der Waals surface area contributed by atoms with E-state index >= 15 is 0 Å². The van der Waals surface area contributed by atoms with Crippen LogP contribution in [0.5, 0.6) is 0 Å². The Balaban J connectivity index is 1.98. The van der Waals surface area contributed by atoms with Crippen molar-refractivity contribution in [1.29, 1.82) is 0 Å². The quantitative estimate of drug-likeness (QED) is 0.926. The molecule has 0 saturated carbocycles. The highest BCUT2D eigenvalue weighted by Crippen LogP contribution is 2.20. The normalized spacial score (nSPS) is 10.9. The third-order valence-corrected chi connectivity index (χ3v) is 3.41. The summed E-state index contributed by atoms with van der Waals surface area (Å²) in [6.45, 7) is 5.19. The van der Waals surface area contributed by atoms with E-state index in [1.165, 1.54) is 0 Å². The zero-order valence-electron chi connectivity index (χ0n) is 10.3. The van der Waals surface area contributed by atoms with Gasteiger partial charge in [0, 0.05) is 28.7 Å². The van der Waals surface area contributed by atoms with Crippen molar-refractivity contribution in [3.8, 4) is 0 Å². The number of aryl methyl sites for hydroxylation is 2. The Bertz CT molecular complexity index is 532. The molecule has 0 saturated heterocycles. The number of aromatic nitrogens is 1. The third kappa shape index (κ3) is 3.05. The molecule has 5 heteroatoms. The van der Waals surface area contributed by atoms with Gasteiger partial charge in [-0.05, 0) is 37.6 Å². The Hall–Kier alpha value is -1.03. The SMILES string of the molecule is Cc1noc(C)c1CNCc1cc(Cl)ccc1Cl. The highest BCUT2D eigenvalue weighted by atomic mass is 35.5. The first-order valence-corrected chi connectivity index (χ1v) is 6.40. The molecule has 0 amide bonds. The second-order valence-corrected chi connectivity index (χ2v) is 4.99. The predicted molar refractivity (Wildman–Crippen MR) is 73.0 cm³/mol. The predicted octanol–water partition coefficient (Wildman–Crippen LogP) is 3.89. The lowest BCUT2D eigenvalue weighted by Crippen LogP contribution is -2.14. The van der Waals surface area contributed by atoms with Gasteiger partial charge in [-0.3, -0.25) is 0 Å². The molecule has 0 aliphatic rings. The van der Waals surface area contributed by atoms with Crippen LogP contribution in [0.1, 0.15) is 22.6 Å². The largest absolute Gasteiger partial charge is 0.361 e. The fourth-order valence-electron chi connectivity index (χ4n) is 1.76. The van der Waals surface area contributed by atoms with Crippen LogP contribution >= 0.6 is 23.2 Å². The van der Waals surface area contributed by atoms with Crippen LogP contribution in [0.3, 0.4) is 0 Å². The van der Waals surface area contributed by atoms with Gasteiger partial charge in [-0.1, -0.05) is 28.4 Å². The van der Waals surface area contributed by atoms with Crippen LogP contribution in [0.15, 0.2) is 22.7 Å². The number of hydrogen-bond donors (Lipinski definition) is 1. The summed E-state index contributed by atoms with van der Waals surface area (Å²) in [4.78, 5) is 0. The van der Waals surface area contributed by atoms with E-state index in [-0.39, 0.29) is 0 Å². The van der Waals surface area contributed by atoms with Crippen LogP contribution in [-0.2, 0) is 13.1 Å². The number of hydrogen-bond acceptors (Lipinski definition) is 3. The second kappa shape index (κ2) is 5.74. The Morgan fingerprint density at radius 3 is 2.67 bits per heavy atom. The van der Waals surface area contributed by atoms with Gasteiger partial charge in [0.05, 0.1) is 5.69 Å². The third-order valence-electron chi connectivity index (χ3n) is 2.81. The molecular weight excluding hydrogens is 271 g/mol. The Morgan fingerprint density at radius 1 is 1.22 bits per heavy atom. The number of halogens is 2. The molecule has 1 aromatic carbocycles. The summed E-state index contributed by atoms with van der Waals surface area (Å²) in [6.07, 6.45) is 0. The Kier molecular flexibility index (Phi) is 4.27. The molecule has 0 radical (unpaired) electrons. The number of benzene rings is 1. The molecule has 1 aromatic heterocycles. The molecule has 0 aliphatic carbocycles. The minimum Gasteiger partial charge on any atom is -0.361 e. The van der Waals surface area contributed by atoms with Crippen molar-refractivity contribution in [3.63, 3.8) is 0 Å². The van der Waals surface area contributed by atoms with E-state index in [0.29, 0.717) is 23.1 Å². The maximum atomic E-state index is 6.09. The molecule has 0 atom stereocenters. The van der Waals surface area contributed by atoms with E-state index in [9.17, 15) is 0 Å². The van der Waals surface area contributed by atoms with Crippen molar-refractivity contribution in [3.05, 3.63) is 50.8 Å². The molecule has 0 fully saturated rings. The van der Waals surface area contributed by atoms with Crippen molar-refractivity contribution >= 4 is 23.2 Å². The van der Waals surface area contributed by atoms with E-state index in [0.717, 1.165) is 22.6 Å². The Morgan fingerprint density at radius 2 is 2.00 bits per heavy atom. The fourth-order valence-corrected chi connectivity index (χ4v) is 2.13. The molecule has 0 unspecified atom stereocenters. The molecule has 0 spiro atoms. The first-order valence-electron chi connectivity index (χ1n) is 5.64. The molecule has 3 nitrogen and oxygen atoms in total. The highest BCUT2D eigenvalue weighted by molar-refractivity contribution is 6.33. The summed E-state index contributed by atoms with van der Waals surface area (Å²) in [5.74, 6) is 0.845. The molecule has 2 aromatic rings. The van der Waals surface area contributed by atoms with Crippen molar-refractivity contribution in [2.75, 3.05) is 0 Å². The molecule has 1 heterocycles. The number of rotatable bonds is 4. The molecular formula is C13H14Cl2N2O. The van der Waals surface area contributed by atoms with E-state index in [2.05, 4.69) is 10.5 Å². The summed E-state index contributed by atoms with van der Waals surface area (Å²) in [5, 5.41) is 8.62. The van der Waals surface area contributed by atoms with Crippen LogP contribution in [0.2, 0.25) is 10.0 Å². The van der Waals surface area contributed by atoms with E-state index < -0.39 is 0 Å². The van der Waals surface area contributed by atoms with Crippen LogP contribution in [0.4, 0.5) is 0 Å². The summed E-state index contributed by atoms with van der Waals surface area (Å²) < 4.78 is 5.10. The lowest BCUT2D eigenvalue weighted by molar-refractivity contribution is 0.392. The van der Waals surface area contributed by atoms with Gasteiger partial charge in [0.25, 0.3) is 0 Å². The second-order valence-electron chi connectivity index (χ2n) is 4.14. The first kappa shape index (κ1) is 13.4. The minimum absolute atomic E-state index is 0.656. The maximum absolute atomic E-state index is 6.09. The van der Waals surface area contributed by atoms with Gasteiger partial charge in [-0.25, -0.2) is 0 Å². The summed E-state index contributed by atoms with van der Waals surface area (Å²) >= 11 is 12.0. The standard InChI is InChI=1S/C13H14Cl2N2O/c1-8-12(9(2)18-17-8)7-16-6-10-5-11(14)3-4-13(10)15/h3-5,16H,6-7H2,1-2H3. The zero-order valence-corrected chi connectivity index (χ0v) is 11.8. The average molecular weight is 285 g/mol. The lowest BCUT2D eigenvalue weighted by atomic mass is 10.2. The maximum Gasteiger partial charge on any atom is 0.138 e. The molecule has 0 aliphatic heterocycles. The van der Waals surface area contributed by atoms with Crippen LogP contribution in [0.25, 0.3) is 0 Å². The Labute approximate surface area is 116 Å². The number of nitrogens with one attached hydrogen (secondary N) is 1. The van der Waals surface area contributed by atoms with Crippen molar-refractivity contribution in [2.24, 2.45) is 0 Å². The van der Waals surface area contributed by atoms with Crippen molar-refractivity contribution in [2.45, 2.75) is 26.9 Å². The first-order chi connectivity index (χ1) is 8.58. The van der Waals surface area contributed by atoms with Gasteiger partial charge in [-0.15, -0.1) is 0 Å². The van der Waals surface area contributed by atoms with Crippen LogP contribution in [-0.4, -0.2) is 5.16 Å². The molecule has 2 rings (SSSR count). The van der Waals surface area contributed by atoms with Gasteiger partial charge in [0.2, 0.25) is 0 Å². The van der Waals surface area contributed by atoms with Gasteiger partial charge < -0.3 is 9.84 Å². The van der Waals surface area contributed by atoms with Gasteiger partial charge in [-0.2, -0.15) is 0 Å². The summed E-state index contributed by atoms with van der Waals surface area (Å²) in [6, 6.07) is 5.45. The van der Waals surface area contributed by atoms with Gasteiger partial charge in [0.15, 0.2) is 0 Å². The smallest absolute Gasteiger partial charge is 0.138 e. The average Bonchev–Trinajstić information content (AvgIpc) is 2.65. The molecule has 0 bridgehead atoms. The monoisotopic (exact) mass is 284 g/mol. The van der Waals surface area contributed by atoms with Gasteiger partial charge in [0.1, 0.15) is 5.76 Å². The van der Waals surface area contributed by atoms with Crippen LogP contribution < -0.4 is 5.32 Å². The molecule has 96 valence electrons. The summed E-state index contributed by atoms with van der Waals surface area (Å²) in [5.41, 5.74) is 2.99. The van der Waals surface area contributed by atoms with Gasteiger partial charge >= 0.3 is 0 Å². The topological polar surface area (TPSA) is 38.1 Å².